The van der Waals surface area contributed by atoms with Gasteiger partial charge in [-0.3, -0.25) is 19.6 Å². The van der Waals surface area contributed by atoms with Gasteiger partial charge in [0.2, 0.25) is 0 Å². The molecule has 3 aromatic heterocycles. The van der Waals surface area contributed by atoms with Crippen LogP contribution in [0.4, 0.5) is 5.69 Å². The first-order valence-corrected chi connectivity index (χ1v) is 6.63. The number of pyridine rings is 1. The molecule has 21 heavy (non-hydrogen) atoms. The van der Waals surface area contributed by atoms with Gasteiger partial charge < -0.3 is 5.32 Å². The van der Waals surface area contributed by atoms with E-state index in [0.717, 1.165) is 29.9 Å². The Morgan fingerprint density at radius 1 is 1.38 bits per heavy atom. The highest BCUT2D eigenvalue weighted by Crippen LogP contribution is 2.27. The van der Waals surface area contributed by atoms with E-state index in [-0.39, 0.29) is 5.91 Å². The number of carbonyl (C=O) groups is 1. The number of aryl methyl sites for hydroxylation is 2. The summed E-state index contributed by atoms with van der Waals surface area (Å²) in [6, 6.07) is 5.33. The Labute approximate surface area is 120 Å². The van der Waals surface area contributed by atoms with E-state index in [0.29, 0.717) is 11.4 Å². The fourth-order valence-corrected chi connectivity index (χ4v) is 2.48. The lowest BCUT2D eigenvalue weighted by Crippen LogP contribution is -2.14. The molecule has 0 aromatic carbocycles. The van der Waals surface area contributed by atoms with E-state index in [4.69, 9.17) is 0 Å². The molecule has 1 aliphatic heterocycles. The fraction of sp³-hybridized carbons (Fsp3) is 0.143. The molecule has 0 radical (unpaired) electrons. The van der Waals surface area contributed by atoms with Crippen LogP contribution in [0.3, 0.4) is 0 Å². The zero-order chi connectivity index (χ0) is 14.2. The second-order valence-electron chi connectivity index (χ2n) is 4.85. The third-order valence-electron chi connectivity index (χ3n) is 3.50. The number of H-pyrrole nitrogens is 1. The molecule has 0 aliphatic carbocycles. The molecule has 0 bridgehead atoms. The first-order valence-electron chi connectivity index (χ1n) is 6.63. The van der Waals surface area contributed by atoms with Crippen molar-refractivity contribution in [3.8, 4) is 11.4 Å². The molecular formula is C14H12N6O. The number of aromatic amines is 1. The van der Waals surface area contributed by atoms with Crippen molar-refractivity contribution in [3.63, 3.8) is 0 Å². The highest BCUT2D eigenvalue weighted by atomic mass is 16.1. The smallest absolute Gasteiger partial charge is 0.276 e. The fourth-order valence-electron chi connectivity index (χ4n) is 2.48. The molecule has 1 aliphatic rings. The van der Waals surface area contributed by atoms with Gasteiger partial charge in [-0.05, 0) is 24.6 Å². The lowest BCUT2D eigenvalue weighted by Gasteiger charge is -2.12. The highest BCUT2D eigenvalue weighted by molar-refractivity contribution is 6.03. The molecular weight excluding hydrogens is 268 g/mol. The minimum absolute atomic E-state index is 0.244. The zero-order valence-corrected chi connectivity index (χ0v) is 11.1. The van der Waals surface area contributed by atoms with Crippen molar-refractivity contribution < 1.29 is 4.79 Å². The minimum atomic E-state index is -0.244. The van der Waals surface area contributed by atoms with Crippen molar-refractivity contribution in [1.29, 1.82) is 0 Å². The summed E-state index contributed by atoms with van der Waals surface area (Å²) >= 11 is 0. The Bertz CT molecular complexity index is 804. The number of hydrogen-bond donors (Lipinski definition) is 2. The first-order chi connectivity index (χ1) is 10.3. The SMILES string of the molecule is O=C(Nc1cccnc1)c1cc2n(n1)CCc1cn[nH]c1-2. The molecule has 2 N–H and O–H groups in total. The van der Waals surface area contributed by atoms with E-state index in [9.17, 15) is 4.79 Å². The number of aromatic nitrogens is 5. The molecule has 4 rings (SSSR count). The summed E-state index contributed by atoms with van der Waals surface area (Å²) < 4.78 is 1.83. The Morgan fingerprint density at radius 3 is 3.19 bits per heavy atom. The maximum atomic E-state index is 12.2. The van der Waals surface area contributed by atoms with Gasteiger partial charge in [0.15, 0.2) is 5.69 Å². The molecule has 7 heteroatoms. The van der Waals surface area contributed by atoms with Gasteiger partial charge in [0, 0.05) is 18.3 Å². The molecule has 104 valence electrons. The summed E-state index contributed by atoms with van der Waals surface area (Å²) in [5, 5.41) is 14.2. The van der Waals surface area contributed by atoms with Gasteiger partial charge in [0.25, 0.3) is 5.91 Å². The molecule has 0 saturated heterocycles. The Kier molecular flexibility index (Phi) is 2.56. The van der Waals surface area contributed by atoms with Crippen LogP contribution in [0.1, 0.15) is 16.1 Å². The Balaban J connectivity index is 1.65. The van der Waals surface area contributed by atoms with Crippen molar-refractivity contribution >= 4 is 11.6 Å². The minimum Gasteiger partial charge on any atom is -0.319 e. The lowest BCUT2D eigenvalue weighted by atomic mass is 10.1. The Morgan fingerprint density at radius 2 is 2.33 bits per heavy atom. The zero-order valence-electron chi connectivity index (χ0n) is 11.1. The number of nitrogens with zero attached hydrogens (tertiary/aromatic N) is 4. The third-order valence-corrected chi connectivity index (χ3v) is 3.50. The second kappa shape index (κ2) is 4.55. The molecule has 0 unspecified atom stereocenters. The number of rotatable bonds is 2. The number of nitrogens with one attached hydrogen (secondary N) is 2. The summed E-state index contributed by atoms with van der Waals surface area (Å²) in [5.74, 6) is -0.244. The number of carbonyl (C=O) groups excluding carboxylic acids is 1. The van der Waals surface area contributed by atoms with E-state index < -0.39 is 0 Å². The van der Waals surface area contributed by atoms with Crippen LogP contribution in [-0.2, 0) is 13.0 Å². The predicted molar refractivity (Wildman–Crippen MR) is 75.7 cm³/mol. The van der Waals surface area contributed by atoms with Gasteiger partial charge in [0.05, 0.1) is 29.5 Å². The predicted octanol–water partition coefficient (Wildman–Crippen LogP) is 1.48. The average Bonchev–Trinajstić information content (AvgIpc) is 3.14. The molecule has 0 fully saturated rings. The van der Waals surface area contributed by atoms with E-state index in [1.165, 1.54) is 0 Å². The Hall–Kier alpha value is -2.96. The van der Waals surface area contributed by atoms with Crippen molar-refractivity contribution in [2.45, 2.75) is 13.0 Å². The van der Waals surface area contributed by atoms with Gasteiger partial charge in [-0.2, -0.15) is 10.2 Å². The van der Waals surface area contributed by atoms with Crippen molar-refractivity contribution in [2.24, 2.45) is 0 Å². The summed E-state index contributed by atoms with van der Waals surface area (Å²) in [7, 11) is 0. The number of fused-ring (bicyclic) bond motifs is 3. The molecule has 0 atom stereocenters. The molecule has 4 heterocycles. The molecule has 0 saturated carbocycles. The summed E-state index contributed by atoms with van der Waals surface area (Å²) in [6.45, 7) is 0.752. The molecule has 3 aromatic rings. The maximum Gasteiger partial charge on any atom is 0.276 e. The van der Waals surface area contributed by atoms with Crippen LogP contribution in [0.2, 0.25) is 0 Å². The van der Waals surface area contributed by atoms with Gasteiger partial charge in [0.1, 0.15) is 0 Å². The van der Waals surface area contributed by atoms with Gasteiger partial charge in [-0.25, -0.2) is 0 Å². The largest absolute Gasteiger partial charge is 0.319 e. The highest BCUT2D eigenvalue weighted by Gasteiger charge is 2.22. The number of anilines is 1. The third kappa shape index (κ3) is 1.99. The van der Waals surface area contributed by atoms with Gasteiger partial charge >= 0.3 is 0 Å². The van der Waals surface area contributed by atoms with Crippen LogP contribution >= 0.6 is 0 Å². The van der Waals surface area contributed by atoms with Gasteiger partial charge in [-0.1, -0.05) is 0 Å². The van der Waals surface area contributed by atoms with E-state index >= 15 is 0 Å². The molecule has 1 amide bonds. The maximum absolute atomic E-state index is 12.2. The van der Waals surface area contributed by atoms with Crippen LogP contribution in [-0.4, -0.2) is 30.9 Å². The average molecular weight is 280 g/mol. The van der Waals surface area contributed by atoms with E-state index in [2.05, 4.69) is 25.6 Å². The summed E-state index contributed by atoms with van der Waals surface area (Å²) in [6.07, 6.45) is 5.94. The monoisotopic (exact) mass is 280 g/mol. The van der Waals surface area contributed by atoms with Gasteiger partial charge in [-0.15, -0.1) is 0 Å². The quantitative estimate of drug-likeness (QED) is 0.744. The van der Waals surface area contributed by atoms with Crippen molar-refractivity contribution in [3.05, 3.63) is 48.0 Å². The van der Waals surface area contributed by atoms with Crippen LogP contribution in [0.15, 0.2) is 36.8 Å². The van der Waals surface area contributed by atoms with Crippen LogP contribution in [0.5, 0.6) is 0 Å². The second-order valence-corrected chi connectivity index (χ2v) is 4.85. The normalized spacial score (nSPS) is 12.6. The summed E-state index contributed by atoms with van der Waals surface area (Å²) in [4.78, 5) is 16.2. The standard InChI is InChI=1S/C14H12N6O/c21-14(17-10-2-1-4-15-8-10)11-6-12-13-9(7-16-18-13)3-5-20(12)19-11/h1-2,4,6-8H,3,5H2,(H,16,18)(H,17,21). The molecule has 0 spiro atoms. The first kappa shape index (κ1) is 11.8. The van der Waals surface area contributed by atoms with Crippen LogP contribution in [0, 0.1) is 0 Å². The van der Waals surface area contributed by atoms with Crippen LogP contribution < -0.4 is 5.32 Å². The lowest BCUT2D eigenvalue weighted by molar-refractivity contribution is 0.102. The van der Waals surface area contributed by atoms with E-state index in [1.807, 2.05) is 10.9 Å². The number of hydrogen-bond acceptors (Lipinski definition) is 4. The molecule has 7 nitrogen and oxygen atoms in total. The van der Waals surface area contributed by atoms with Crippen LogP contribution in [0.25, 0.3) is 11.4 Å². The number of amides is 1. The van der Waals surface area contributed by atoms with Crippen molar-refractivity contribution in [2.75, 3.05) is 5.32 Å². The topological polar surface area (TPSA) is 88.5 Å². The van der Waals surface area contributed by atoms with E-state index in [1.54, 1.807) is 30.6 Å². The summed E-state index contributed by atoms with van der Waals surface area (Å²) in [5.41, 5.74) is 4.02. The van der Waals surface area contributed by atoms with Crippen molar-refractivity contribution in [1.82, 2.24) is 25.0 Å².